The third kappa shape index (κ3) is 5.36. The highest BCUT2D eigenvalue weighted by molar-refractivity contribution is 7.22. The van der Waals surface area contributed by atoms with Crippen LogP contribution in [0.3, 0.4) is 0 Å². The first kappa shape index (κ1) is 22.0. The molecule has 1 saturated heterocycles. The molecule has 0 unspecified atom stereocenters. The number of nitrogens with zero attached hydrogens (tertiary/aromatic N) is 3. The summed E-state index contributed by atoms with van der Waals surface area (Å²) in [6.07, 6.45) is 0. The average molecular weight is 460 g/mol. The fourth-order valence-electron chi connectivity index (χ4n) is 3.45. The van der Waals surface area contributed by atoms with Crippen molar-refractivity contribution in [1.82, 2.24) is 9.88 Å². The van der Waals surface area contributed by atoms with E-state index in [0.29, 0.717) is 22.4 Å². The molecule has 31 heavy (non-hydrogen) atoms. The summed E-state index contributed by atoms with van der Waals surface area (Å²) in [7, 11) is 0. The number of halogens is 1. The van der Waals surface area contributed by atoms with Gasteiger partial charge >= 0.3 is 0 Å². The van der Waals surface area contributed by atoms with Crippen LogP contribution in [0.4, 0.5) is 5.13 Å². The summed E-state index contributed by atoms with van der Waals surface area (Å²) in [5, 5.41) is 1.35. The number of fused-ring (bicyclic) bond motifs is 1. The van der Waals surface area contributed by atoms with Gasteiger partial charge < -0.3 is 9.47 Å². The number of hydrogen-bond acceptors (Lipinski definition) is 6. The number of aromatic nitrogens is 1. The minimum Gasteiger partial charge on any atom is -0.484 e. The van der Waals surface area contributed by atoms with Crippen LogP contribution in [-0.4, -0.2) is 61.8 Å². The van der Waals surface area contributed by atoms with Crippen LogP contribution < -0.4 is 9.64 Å². The molecule has 3 aromatic rings. The SMILES string of the molecule is Cc1ccc(OCC(=O)N(CCN2CCOCC2)c2nc3c(C)c(Cl)ccc3s2)cc1. The lowest BCUT2D eigenvalue weighted by atomic mass is 10.2. The summed E-state index contributed by atoms with van der Waals surface area (Å²) in [4.78, 5) is 22.0. The second-order valence-electron chi connectivity index (χ2n) is 7.62. The fraction of sp³-hybridized carbons (Fsp3) is 0.391. The number of morpholine rings is 1. The van der Waals surface area contributed by atoms with Crippen molar-refractivity contribution in [3.05, 3.63) is 52.5 Å². The summed E-state index contributed by atoms with van der Waals surface area (Å²) in [5.41, 5.74) is 2.92. The van der Waals surface area contributed by atoms with Crippen LogP contribution in [0.1, 0.15) is 11.1 Å². The Morgan fingerprint density at radius 2 is 1.94 bits per heavy atom. The summed E-state index contributed by atoms with van der Waals surface area (Å²) >= 11 is 7.78. The molecule has 0 aliphatic carbocycles. The molecule has 1 fully saturated rings. The summed E-state index contributed by atoms with van der Waals surface area (Å²) in [6.45, 7) is 8.43. The lowest BCUT2D eigenvalue weighted by Crippen LogP contribution is -2.44. The number of rotatable bonds is 7. The zero-order valence-electron chi connectivity index (χ0n) is 17.8. The Hall–Kier alpha value is -2.19. The van der Waals surface area contributed by atoms with E-state index in [4.69, 9.17) is 26.1 Å². The van der Waals surface area contributed by atoms with E-state index in [2.05, 4.69) is 4.90 Å². The van der Waals surface area contributed by atoms with Crippen molar-refractivity contribution in [2.45, 2.75) is 13.8 Å². The Balaban J connectivity index is 1.53. The molecule has 8 heteroatoms. The summed E-state index contributed by atoms with van der Waals surface area (Å²) in [6, 6.07) is 11.5. The van der Waals surface area contributed by atoms with E-state index < -0.39 is 0 Å². The number of amides is 1. The Kier molecular flexibility index (Phi) is 7.07. The van der Waals surface area contributed by atoms with Crippen molar-refractivity contribution in [2.24, 2.45) is 0 Å². The topological polar surface area (TPSA) is 54.9 Å². The zero-order chi connectivity index (χ0) is 21.8. The number of hydrogen-bond donors (Lipinski definition) is 0. The highest BCUT2D eigenvalue weighted by atomic mass is 35.5. The van der Waals surface area contributed by atoms with E-state index in [1.807, 2.05) is 50.2 Å². The molecule has 1 aliphatic rings. The molecule has 0 bridgehead atoms. The molecule has 0 radical (unpaired) electrons. The van der Waals surface area contributed by atoms with E-state index in [1.165, 1.54) is 11.3 Å². The predicted molar refractivity (Wildman–Crippen MR) is 126 cm³/mol. The van der Waals surface area contributed by atoms with Crippen molar-refractivity contribution >= 4 is 44.2 Å². The standard InChI is InChI=1S/C23H26ClN3O3S/c1-16-3-5-18(6-4-16)30-15-21(28)27(10-9-26-11-13-29-14-12-26)23-25-22-17(2)19(24)7-8-20(22)31-23/h3-8H,9-15H2,1-2H3. The van der Waals surface area contributed by atoms with E-state index in [9.17, 15) is 4.79 Å². The van der Waals surface area contributed by atoms with Gasteiger partial charge in [-0.25, -0.2) is 4.98 Å². The second kappa shape index (κ2) is 9.96. The molecule has 1 amide bonds. The molecule has 164 valence electrons. The molecular formula is C23H26ClN3O3S. The maximum Gasteiger partial charge on any atom is 0.266 e. The molecule has 0 N–H and O–H groups in total. The Morgan fingerprint density at radius 1 is 1.19 bits per heavy atom. The van der Waals surface area contributed by atoms with Crippen LogP contribution >= 0.6 is 22.9 Å². The molecule has 0 saturated carbocycles. The quantitative estimate of drug-likeness (QED) is 0.527. The molecular weight excluding hydrogens is 434 g/mol. The molecule has 0 atom stereocenters. The van der Waals surface area contributed by atoms with Gasteiger partial charge in [0.1, 0.15) is 5.75 Å². The number of aryl methyl sites for hydroxylation is 2. The molecule has 1 aromatic heterocycles. The molecule has 1 aliphatic heterocycles. The first-order valence-electron chi connectivity index (χ1n) is 10.4. The fourth-order valence-corrected chi connectivity index (χ4v) is 4.68. The molecule has 2 heterocycles. The second-order valence-corrected chi connectivity index (χ2v) is 9.03. The first-order valence-corrected chi connectivity index (χ1v) is 11.6. The number of thiazole rings is 1. The van der Waals surface area contributed by atoms with Crippen LogP contribution in [-0.2, 0) is 9.53 Å². The van der Waals surface area contributed by atoms with Gasteiger partial charge in [0.25, 0.3) is 5.91 Å². The number of ether oxygens (including phenoxy) is 2. The monoisotopic (exact) mass is 459 g/mol. The summed E-state index contributed by atoms with van der Waals surface area (Å²) in [5.74, 6) is 0.565. The number of benzene rings is 2. The maximum atomic E-state index is 13.2. The van der Waals surface area contributed by atoms with Crippen LogP contribution in [0, 0.1) is 13.8 Å². The van der Waals surface area contributed by atoms with Crippen LogP contribution in [0.15, 0.2) is 36.4 Å². The largest absolute Gasteiger partial charge is 0.484 e. The van der Waals surface area contributed by atoms with Crippen LogP contribution in [0.2, 0.25) is 5.02 Å². The highest BCUT2D eigenvalue weighted by Gasteiger charge is 2.23. The smallest absolute Gasteiger partial charge is 0.266 e. The van der Waals surface area contributed by atoms with E-state index in [-0.39, 0.29) is 12.5 Å². The van der Waals surface area contributed by atoms with Crippen molar-refractivity contribution in [2.75, 3.05) is 50.9 Å². The third-order valence-electron chi connectivity index (χ3n) is 5.40. The Labute approximate surface area is 191 Å². The van der Waals surface area contributed by atoms with E-state index in [0.717, 1.165) is 54.2 Å². The number of anilines is 1. The lowest BCUT2D eigenvalue weighted by molar-refractivity contribution is -0.120. The van der Waals surface area contributed by atoms with Crippen molar-refractivity contribution < 1.29 is 14.3 Å². The molecule has 6 nitrogen and oxygen atoms in total. The van der Waals surface area contributed by atoms with Gasteiger partial charge in [0.15, 0.2) is 11.7 Å². The van der Waals surface area contributed by atoms with Gasteiger partial charge in [0.2, 0.25) is 0 Å². The minimum absolute atomic E-state index is 0.0398. The van der Waals surface area contributed by atoms with E-state index in [1.54, 1.807) is 4.90 Å². The minimum atomic E-state index is -0.114. The molecule has 0 spiro atoms. The van der Waals surface area contributed by atoms with Gasteiger partial charge in [-0.15, -0.1) is 0 Å². The Bertz CT molecular complexity index is 1050. The molecule has 4 rings (SSSR count). The van der Waals surface area contributed by atoms with Crippen LogP contribution in [0.25, 0.3) is 10.2 Å². The van der Waals surface area contributed by atoms with Gasteiger partial charge in [-0.1, -0.05) is 40.6 Å². The lowest BCUT2D eigenvalue weighted by Gasteiger charge is -2.29. The van der Waals surface area contributed by atoms with Gasteiger partial charge in [0.05, 0.1) is 23.4 Å². The zero-order valence-corrected chi connectivity index (χ0v) is 19.3. The van der Waals surface area contributed by atoms with Gasteiger partial charge in [0, 0.05) is 31.2 Å². The summed E-state index contributed by atoms with van der Waals surface area (Å²) < 4.78 is 12.2. The maximum absolute atomic E-state index is 13.2. The van der Waals surface area contributed by atoms with Crippen molar-refractivity contribution in [3.8, 4) is 5.75 Å². The molecule has 2 aromatic carbocycles. The van der Waals surface area contributed by atoms with E-state index >= 15 is 0 Å². The highest BCUT2D eigenvalue weighted by Crippen LogP contribution is 2.33. The first-order chi connectivity index (χ1) is 15.0. The predicted octanol–water partition coefficient (Wildman–Crippen LogP) is 4.31. The third-order valence-corrected chi connectivity index (χ3v) is 6.85. The van der Waals surface area contributed by atoms with Gasteiger partial charge in [-0.2, -0.15) is 0 Å². The number of carbonyl (C=O) groups is 1. The van der Waals surface area contributed by atoms with Gasteiger partial charge in [-0.3, -0.25) is 14.6 Å². The normalized spacial score (nSPS) is 14.7. The average Bonchev–Trinajstić information content (AvgIpc) is 3.21. The van der Waals surface area contributed by atoms with Crippen LogP contribution in [0.5, 0.6) is 5.75 Å². The van der Waals surface area contributed by atoms with Crippen molar-refractivity contribution in [1.29, 1.82) is 0 Å². The Morgan fingerprint density at radius 3 is 2.68 bits per heavy atom. The van der Waals surface area contributed by atoms with Crippen molar-refractivity contribution in [3.63, 3.8) is 0 Å². The number of carbonyl (C=O) groups excluding carboxylic acids is 1. The van der Waals surface area contributed by atoms with Gasteiger partial charge in [-0.05, 0) is 43.7 Å².